The SMILES string of the molecule is CNC(=O)[C@@]12CN[C@H]([C@H](n3cnc4c(NCc5cccc(I)c5)ncnc43)O1)[C@H]2O. The van der Waals surface area contributed by atoms with Gasteiger partial charge in [0.1, 0.15) is 12.4 Å². The Bertz CT molecular complexity index is 1120. The fourth-order valence-electron chi connectivity index (χ4n) is 4.14. The van der Waals surface area contributed by atoms with Gasteiger partial charge in [-0.15, -0.1) is 0 Å². The lowest BCUT2D eigenvalue weighted by atomic mass is 9.98. The Morgan fingerprint density at radius 1 is 1.43 bits per heavy atom. The van der Waals surface area contributed by atoms with E-state index in [1.165, 1.54) is 13.4 Å². The number of carbonyl (C=O) groups is 1. The second-order valence-electron chi connectivity index (χ2n) is 7.36. The summed E-state index contributed by atoms with van der Waals surface area (Å²) in [5, 5.41) is 19.8. The van der Waals surface area contributed by atoms with Crippen molar-refractivity contribution in [3.63, 3.8) is 0 Å². The van der Waals surface area contributed by atoms with Crippen LogP contribution in [-0.4, -0.2) is 61.9 Å². The molecule has 10 nitrogen and oxygen atoms in total. The highest BCUT2D eigenvalue weighted by Gasteiger charge is 2.64. The van der Waals surface area contributed by atoms with Crippen molar-refractivity contribution in [2.75, 3.05) is 18.9 Å². The number of amides is 1. The lowest BCUT2D eigenvalue weighted by Gasteiger charge is -2.30. The molecule has 4 atom stereocenters. The van der Waals surface area contributed by atoms with Gasteiger partial charge in [-0.2, -0.15) is 0 Å². The third kappa shape index (κ3) is 2.95. The first-order valence-corrected chi connectivity index (χ1v) is 10.6. The predicted octanol–water partition coefficient (Wildman–Crippen LogP) is 0.389. The highest BCUT2D eigenvalue weighted by Crippen LogP contribution is 2.42. The van der Waals surface area contributed by atoms with E-state index in [4.69, 9.17) is 4.74 Å². The normalized spacial score (nSPS) is 27.5. The summed E-state index contributed by atoms with van der Waals surface area (Å²) in [5.74, 6) is 0.252. The number of anilines is 1. The summed E-state index contributed by atoms with van der Waals surface area (Å²) in [5.41, 5.74) is 0.968. The summed E-state index contributed by atoms with van der Waals surface area (Å²) in [7, 11) is 1.53. The zero-order valence-electron chi connectivity index (χ0n) is 16.0. The maximum Gasteiger partial charge on any atom is 0.256 e. The number of halogens is 1. The molecule has 0 radical (unpaired) electrons. The molecule has 2 aromatic heterocycles. The average Bonchev–Trinajstić information content (AvgIpc) is 3.42. The van der Waals surface area contributed by atoms with Gasteiger partial charge in [0, 0.05) is 23.7 Å². The molecule has 4 N–H and O–H groups in total. The molecule has 1 aromatic carbocycles. The lowest BCUT2D eigenvalue weighted by molar-refractivity contribution is -0.158. The van der Waals surface area contributed by atoms with Crippen molar-refractivity contribution < 1.29 is 14.6 Å². The zero-order chi connectivity index (χ0) is 20.9. The van der Waals surface area contributed by atoms with Crippen molar-refractivity contribution in [1.29, 1.82) is 0 Å². The minimum absolute atomic E-state index is 0.249. The number of aliphatic hydroxyl groups is 1. The van der Waals surface area contributed by atoms with Crippen LogP contribution in [0.15, 0.2) is 36.9 Å². The van der Waals surface area contributed by atoms with Crippen molar-refractivity contribution in [1.82, 2.24) is 30.2 Å². The molecule has 156 valence electrons. The van der Waals surface area contributed by atoms with Gasteiger partial charge >= 0.3 is 0 Å². The number of nitrogens with one attached hydrogen (secondary N) is 3. The zero-order valence-corrected chi connectivity index (χ0v) is 18.2. The molecule has 5 rings (SSSR count). The molecule has 11 heteroatoms. The van der Waals surface area contributed by atoms with Crippen molar-refractivity contribution in [2.24, 2.45) is 0 Å². The van der Waals surface area contributed by atoms with E-state index < -0.39 is 24.0 Å². The van der Waals surface area contributed by atoms with Crippen LogP contribution in [0.5, 0.6) is 0 Å². The number of hydrogen-bond donors (Lipinski definition) is 4. The quantitative estimate of drug-likeness (QED) is 0.356. The summed E-state index contributed by atoms with van der Waals surface area (Å²) in [6, 6.07) is 7.74. The van der Waals surface area contributed by atoms with Gasteiger partial charge in [0.15, 0.2) is 28.8 Å². The Balaban J connectivity index is 1.44. The molecule has 30 heavy (non-hydrogen) atoms. The van der Waals surface area contributed by atoms with E-state index in [2.05, 4.69) is 59.6 Å². The molecular formula is C19H20IN7O3. The van der Waals surface area contributed by atoms with Crippen LogP contribution in [-0.2, 0) is 16.1 Å². The fraction of sp³-hybridized carbons (Fsp3) is 0.368. The van der Waals surface area contributed by atoms with E-state index in [1.807, 2.05) is 18.2 Å². The third-order valence-corrected chi connectivity index (χ3v) is 6.32. The third-order valence-electron chi connectivity index (χ3n) is 5.65. The van der Waals surface area contributed by atoms with Crippen LogP contribution >= 0.6 is 22.6 Å². The highest BCUT2D eigenvalue weighted by atomic mass is 127. The van der Waals surface area contributed by atoms with Gasteiger partial charge in [-0.05, 0) is 40.3 Å². The molecule has 2 aliphatic rings. The van der Waals surface area contributed by atoms with Gasteiger partial charge in [-0.3, -0.25) is 9.36 Å². The first-order chi connectivity index (χ1) is 14.5. The molecule has 1 amide bonds. The Labute approximate surface area is 185 Å². The van der Waals surface area contributed by atoms with Crippen molar-refractivity contribution >= 4 is 45.5 Å². The van der Waals surface area contributed by atoms with Gasteiger partial charge in [0.25, 0.3) is 5.91 Å². The van der Waals surface area contributed by atoms with Crippen LogP contribution in [0.1, 0.15) is 11.8 Å². The van der Waals surface area contributed by atoms with Crippen LogP contribution in [0.4, 0.5) is 5.82 Å². The number of rotatable bonds is 5. The molecule has 0 saturated carbocycles. The van der Waals surface area contributed by atoms with E-state index in [1.54, 1.807) is 10.9 Å². The molecule has 3 aromatic rings. The molecule has 4 heterocycles. The van der Waals surface area contributed by atoms with Gasteiger partial charge < -0.3 is 25.8 Å². The number of morpholine rings is 1. The topological polar surface area (TPSA) is 126 Å². The van der Waals surface area contributed by atoms with E-state index in [0.29, 0.717) is 23.5 Å². The summed E-state index contributed by atoms with van der Waals surface area (Å²) >= 11 is 2.28. The van der Waals surface area contributed by atoms with Gasteiger partial charge in [-0.25, -0.2) is 15.0 Å². The standard InChI is InChI=1S/C19H20IN7O3/c1-21-18(29)19-7-23-12(14(19)28)17(30-19)27-9-26-13-15(24-8-25-16(13)27)22-6-10-3-2-4-11(20)5-10/h2-5,8-9,12,14,17,23,28H,6-7H2,1H3,(H,21,29)(H,22,24,25)/t12-,14+,17+,19-/m0/s1. The molecule has 2 fully saturated rings. The van der Waals surface area contributed by atoms with E-state index in [0.717, 1.165) is 9.13 Å². The Kier molecular flexibility index (Phi) is 4.84. The van der Waals surface area contributed by atoms with E-state index in [-0.39, 0.29) is 12.5 Å². The molecule has 0 aliphatic carbocycles. The Morgan fingerprint density at radius 2 is 2.30 bits per heavy atom. The number of likely N-dealkylation sites (N-methyl/N-ethyl adjacent to an activating group) is 1. The summed E-state index contributed by atoms with van der Waals surface area (Å²) in [4.78, 5) is 25.6. The number of fused-ring (bicyclic) bond motifs is 3. The van der Waals surface area contributed by atoms with Crippen LogP contribution < -0.4 is 16.0 Å². The van der Waals surface area contributed by atoms with Crippen LogP contribution in [0.25, 0.3) is 11.2 Å². The molecule has 2 bridgehead atoms. The van der Waals surface area contributed by atoms with E-state index >= 15 is 0 Å². The highest BCUT2D eigenvalue weighted by molar-refractivity contribution is 14.1. The molecule has 2 aliphatic heterocycles. The number of hydrogen-bond acceptors (Lipinski definition) is 8. The monoisotopic (exact) mass is 521 g/mol. The number of carbonyl (C=O) groups excluding carboxylic acids is 1. The minimum atomic E-state index is -1.32. The van der Waals surface area contributed by atoms with Crippen molar-refractivity contribution in [3.05, 3.63) is 46.1 Å². The minimum Gasteiger partial charge on any atom is -0.388 e. The average molecular weight is 521 g/mol. The summed E-state index contributed by atoms with van der Waals surface area (Å²) in [6.45, 7) is 0.845. The van der Waals surface area contributed by atoms with Crippen LogP contribution in [0.3, 0.4) is 0 Å². The summed E-state index contributed by atoms with van der Waals surface area (Å²) < 4.78 is 8.96. The molecule has 0 unspecified atom stereocenters. The predicted molar refractivity (Wildman–Crippen MR) is 117 cm³/mol. The Hall–Kier alpha value is -2.35. The number of imidazole rings is 1. The first-order valence-electron chi connectivity index (χ1n) is 9.51. The van der Waals surface area contributed by atoms with Crippen molar-refractivity contribution in [3.8, 4) is 0 Å². The number of aliphatic hydroxyl groups excluding tert-OH is 1. The maximum absolute atomic E-state index is 12.4. The fourth-order valence-corrected chi connectivity index (χ4v) is 4.75. The second kappa shape index (κ2) is 7.41. The smallest absolute Gasteiger partial charge is 0.256 e. The van der Waals surface area contributed by atoms with E-state index in [9.17, 15) is 9.90 Å². The van der Waals surface area contributed by atoms with Crippen molar-refractivity contribution in [2.45, 2.75) is 30.5 Å². The summed E-state index contributed by atoms with van der Waals surface area (Å²) in [6.07, 6.45) is 1.48. The number of nitrogens with zero attached hydrogens (tertiary/aromatic N) is 4. The molecule has 0 spiro atoms. The number of ether oxygens (including phenoxy) is 1. The largest absolute Gasteiger partial charge is 0.388 e. The van der Waals surface area contributed by atoms with Gasteiger partial charge in [0.05, 0.1) is 12.4 Å². The molecule has 2 saturated heterocycles. The second-order valence-corrected chi connectivity index (χ2v) is 8.60. The maximum atomic E-state index is 12.4. The lowest BCUT2D eigenvalue weighted by Crippen LogP contribution is -2.54. The number of benzene rings is 1. The molecular weight excluding hydrogens is 501 g/mol. The van der Waals surface area contributed by atoms with Crippen LogP contribution in [0.2, 0.25) is 0 Å². The Morgan fingerprint density at radius 3 is 3.10 bits per heavy atom. The number of aromatic nitrogens is 4. The van der Waals surface area contributed by atoms with Gasteiger partial charge in [-0.1, -0.05) is 12.1 Å². The first kappa shape index (κ1) is 19.6. The van der Waals surface area contributed by atoms with Crippen LogP contribution in [0, 0.1) is 3.57 Å². The van der Waals surface area contributed by atoms with Gasteiger partial charge in [0.2, 0.25) is 0 Å².